The van der Waals surface area contributed by atoms with Gasteiger partial charge in [0.1, 0.15) is 5.37 Å². The van der Waals surface area contributed by atoms with Gasteiger partial charge in [-0.05, 0) is 18.2 Å². The lowest BCUT2D eigenvalue weighted by atomic mass is 10.1. The molecule has 2 unspecified atom stereocenters. The molecule has 0 aromatic heterocycles. The minimum atomic E-state index is -1.83. The molecule has 0 aromatic rings. The van der Waals surface area contributed by atoms with Gasteiger partial charge in [0.25, 0.3) is 0 Å². The Bertz CT molecular complexity index is 410. The first-order valence-electron chi connectivity index (χ1n) is 4.45. The van der Waals surface area contributed by atoms with Crippen LogP contribution in [0.2, 0.25) is 0 Å². The molecular weight excluding hydrogens is 215 g/mol. The van der Waals surface area contributed by atoms with Crippen LogP contribution in [0.1, 0.15) is 6.42 Å². The third-order valence-electron chi connectivity index (χ3n) is 2.17. The number of ether oxygens (including phenoxy) is 1. The Labute approximate surface area is 91.3 Å². The maximum atomic E-state index is 13.7. The molecular formula is C10H9FN2OS. The van der Waals surface area contributed by atoms with Crippen molar-refractivity contribution in [2.75, 3.05) is 7.11 Å². The molecule has 5 heteroatoms. The Morgan fingerprint density at radius 2 is 2.60 bits per heavy atom. The zero-order chi connectivity index (χ0) is 10.9. The molecule has 0 N–H and O–H groups in total. The van der Waals surface area contributed by atoms with E-state index in [1.165, 1.54) is 31.0 Å². The van der Waals surface area contributed by atoms with Crippen LogP contribution in [0, 0.1) is 11.3 Å². The zero-order valence-electron chi connectivity index (χ0n) is 8.11. The van der Waals surface area contributed by atoms with Crippen LogP contribution in [0.4, 0.5) is 4.39 Å². The van der Waals surface area contributed by atoms with Crippen LogP contribution in [0.3, 0.4) is 0 Å². The summed E-state index contributed by atoms with van der Waals surface area (Å²) in [6.07, 6.45) is 4.66. The van der Waals surface area contributed by atoms with E-state index in [4.69, 9.17) is 10.00 Å². The van der Waals surface area contributed by atoms with Crippen molar-refractivity contribution in [1.29, 1.82) is 5.26 Å². The number of rotatable bonds is 2. The average molecular weight is 224 g/mol. The Morgan fingerprint density at radius 3 is 3.27 bits per heavy atom. The number of nitrogens with zero attached hydrogens (tertiary/aromatic N) is 2. The van der Waals surface area contributed by atoms with E-state index in [-0.39, 0.29) is 5.37 Å². The molecule has 0 radical (unpaired) electrons. The van der Waals surface area contributed by atoms with Gasteiger partial charge in [0.05, 0.1) is 18.2 Å². The number of nitriles is 1. The van der Waals surface area contributed by atoms with Gasteiger partial charge in [-0.15, -0.1) is 0 Å². The van der Waals surface area contributed by atoms with Crippen molar-refractivity contribution in [3.8, 4) is 6.07 Å². The Morgan fingerprint density at radius 1 is 1.80 bits per heavy atom. The summed E-state index contributed by atoms with van der Waals surface area (Å²) < 4.78 is 18.5. The van der Waals surface area contributed by atoms with Gasteiger partial charge in [-0.25, -0.2) is 4.39 Å². The maximum absolute atomic E-state index is 13.7. The lowest BCUT2D eigenvalue weighted by molar-refractivity contribution is -0.0373. The number of fused-ring (bicyclic) bond motifs is 1. The van der Waals surface area contributed by atoms with Crippen LogP contribution in [0.5, 0.6) is 0 Å². The minimum Gasteiger partial charge on any atom is -0.343 e. The first-order valence-corrected chi connectivity index (χ1v) is 5.33. The highest BCUT2D eigenvalue weighted by molar-refractivity contribution is 8.05. The van der Waals surface area contributed by atoms with Crippen LogP contribution in [0.25, 0.3) is 0 Å². The summed E-state index contributed by atoms with van der Waals surface area (Å²) in [7, 11) is 1.32. The van der Waals surface area contributed by atoms with E-state index >= 15 is 0 Å². The predicted molar refractivity (Wildman–Crippen MR) is 57.1 cm³/mol. The zero-order valence-corrected chi connectivity index (χ0v) is 8.92. The molecule has 1 aliphatic carbocycles. The van der Waals surface area contributed by atoms with E-state index < -0.39 is 5.85 Å². The van der Waals surface area contributed by atoms with E-state index in [2.05, 4.69) is 4.99 Å². The van der Waals surface area contributed by atoms with Crippen molar-refractivity contribution in [3.05, 3.63) is 23.1 Å². The second-order valence-corrected chi connectivity index (χ2v) is 4.41. The van der Waals surface area contributed by atoms with Crippen LogP contribution in [-0.4, -0.2) is 24.1 Å². The Balaban J connectivity index is 2.22. The summed E-state index contributed by atoms with van der Waals surface area (Å²) in [6.45, 7) is 0. The average Bonchev–Trinajstić information content (AvgIpc) is 2.60. The molecule has 1 heterocycles. The monoisotopic (exact) mass is 224 g/mol. The van der Waals surface area contributed by atoms with Gasteiger partial charge in [-0.2, -0.15) is 5.26 Å². The largest absolute Gasteiger partial charge is 0.343 e. The number of aliphatic imine (C=N–C) groups is 1. The molecule has 1 aliphatic heterocycles. The van der Waals surface area contributed by atoms with Crippen LogP contribution in [0.15, 0.2) is 28.1 Å². The summed E-state index contributed by atoms with van der Waals surface area (Å²) in [5.41, 5.74) is 0.741. The normalized spacial score (nSPS) is 33.0. The van der Waals surface area contributed by atoms with Crippen LogP contribution in [-0.2, 0) is 4.74 Å². The van der Waals surface area contributed by atoms with Gasteiger partial charge in [-0.1, -0.05) is 11.8 Å². The number of hydrogen-bond donors (Lipinski definition) is 0. The predicted octanol–water partition coefficient (Wildman–Crippen LogP) is 2.18. The highest BCUT2D eigenvalue weighted by Gasteiger charge is 2.32. The fourth-order valence-corrected chi connectivity index (χ4v) is 2.48. The number of hydrogen-bond acceptors (Lipinski definition) is 4. The molecule has 0 fully saturated rings. The number of alkyl halides is 1. The molecule has 78 valence electrons. The maximum Gasteiger partial charge on any atom is 0.249 e. The van der Waals surface area contributed by atoms with E-state index in [0.29, 0.717) is 6.42 Å². The Hall–Kier alpha value is -1.12. The van der Waals surface area contributed by atoms with Gasteiger partial charge in [0, 0.05) is 12.0 Å². The summed E-state index contributed by atoms with van der Waals surface area (Å²) >= 11 is 1.40. The summed E-state index contributed by atoms with van der Waals surface area (Å²) in [4.78, 5) is 5.03. The fourth-order valence-electron chi connectivity index (χ4n) is 1.40. The standard InChI is InChI=1S/C10H9FN2OS/c1-14-10(11)4-2-7-8(6-10)15-9(13-7)3-5-12/h2,4,6,9H,3H2,1H3. The number of halogens is 1. The summed E-state index contributed by atoms with van der Waals surface area (Å²) in [5.74, 6) is -1.83. The quantitative estimate of drug-likeness (QED) is 0.722. The second-order valence-electron chi connectivity index (χ2n) is 3.19. The van der Waals surface area contributed by atoms with E-state index in [1.807, 2.05) is 6.07 Å². The molecule has 2 rings (SSSR count). The second kappa shape index (κ2) is 3.80. The van der Waals surface area contributed by atoms with E-state index in [0.717, 1.165) is 10.6 Å². The third-order valence-corrected chi connectivity index (χ3v) is 3.30. The van der Waals surface area contributed by atoms with Crippen molar-refractivity contribution in [3.63, 3.8) is 0 Å². The van der Waals surface area contributed by atoms with Gasteiger partial charge in [0.15, 0.2) is 0 Å². The fraction of sp³-hybridized carbons (Fsp3) is 0.400. The van der Waals surface area contributed by atoms with Crippen molar-refractivity contribution in [1.82, 2.24) is 0 Å². The Kier molecular flexibility index (Phi) is 2.63. The SMILES string of the molecule is COC1(F)C=CC2=NC(CC#N)SC2=C1. The van der Waals surface area contributed by atoms with Crippen molar-refractivity contribution in [2.24, 2.45) is 4.99 Å². The number of thioether (sulfide) groups is 1. The lowest BCUT2D eigenvalue weighted by Crippen LogP contribution is -2.23. The molecule has 0 saturated heterocycles. The van der Waals surface area contributed by atoms with Gasteiger partial charge >= 0.3 is 0 Å². The number of allylic oxidation sites excluding steroid dienone is 2. The topological polar surface area (TPSA) is 45.4 Å². The molecule has 0 saturated carbocycles. The van der Waals surface area contributed by atoms with Crippen molar-refractivity contribution >= 4 is 17.5 Å². The molecule has 0 spiro atoms. The van der Waals surface area contributed by atoms with Gasteiger partial charge < -0.3 is 4.74 Å². The molecule has 0 aromatic carbocycles. The van der Waals surface area contributed by atoms with Crippen molar-refractivity contribution in [2.45, 2.75) is 17.6 Å². The molecule has 3 nitrogen and oxygen atoms in total. The van der Waals surface area contributed by atoms with Crippen LogP contribution >= 0.6 is 11.8 Å². The molecule has 2 atom stereocenters. The molecule has 0 amide bonds. The van der Waals surface area contributed by atoms with Gasteiger partial charge in [0.2, 0.25) is 5.85 Å². The van der Waals surface area contributed by atoms with E-state index in [1.54, 1.807) is 6.08 Å². The molecule has 2 aliphatic rings. The minimum absolute atomic E-state index is 0.111. The highest BCUT2D eigenvalue weighted by atomic mass is 32.2. The van der Waals surface area contributed by atoms with E-state index in [9.17, 15) is 4.39 Å². The first kappa shape index (κ1) is 10.4. The smallest absolute Gasteiger partial charge is 0.249 e. The summed E-state index contributed by atoms with van der Waals surface area (Å²) in [6, 6.07) is 2.05. The molecule has 15 heavy (non-hydrogen) atoms. The first-order chi connectivity index (χ1) is 7.17. The summed E-state index contributed by atoms with van der Waals surface area (Å²) in [5, 5.41) is 8.43. The van der Waals surface area contributed by atoms with Crippen molar-refractivity contribution < 1.29 is 9.13 Å². The highest BCUT2D eigenvalue weighted by Crippen LogP contribution is 2.38. The molecule has 0 bridgehead atoms. The lowest BCUT2D eigenvalue weighted by Gasteiger charge is -2.19. The number of methoxy groups -OCH3 is 1. The third kappa shape index (κ3) is 1.96. The van der Waals surface area contributed by atoms with Crippen LogP contribution < -0.4 is 0 Å². The van der Waals surface area contributed by atoms with Gasteiger partial charge in [-0.3, -0.25) is 4.99 Å².